The fourth-order valence-corrected chi connectivity index (χ4v) is 9.53. The van der Waals surface area contributed by atoms with Crippen LogP contribution in [0, 0.1) is 30.1 Å². The Balaban J connectivity index is 1.41. The molecule has 2 N–H and O–H groups in total. The number of hydrogen-bond donors (Lipinski definition) is 2. The van der Waals surface area contributed by atoms with Crippen LogP contribution < -0.4 is 10.6 Å². The van der Waals surface area contributed by atoms with E-state index in [0.717, 1.165) is 83.5 Å². The molecule has 0 radical (unpaired) electrons. The zero-order chi connectivity index (χ0) is 41.3. The number of likely N-dealkylation sites (tertiary alicyclic amines) is 1. The van der Waals surface area contributed by atoms with Crippen molar-refractivity contribution in [3.63, 3.8) is 0 Å². The van der Waals surface area contributed by atoms with Crippen LogP contribution in [0.1, 0.15) is 141 Å². The van der Waals surface area contributed by atoms with Gasteiger partial charge < -0.3 is 15.4 Å². The highest BCUT2D eigenvalue weighted by Gasteiger charge is 2.40. The molecule has 5 rings (SSSR count). The Bertz CT molecular complexity index is 1720. The second kappa shape index (κ2) is 20.7. The first kappa shape index (κ1) is 44.9. The molecule has 2 aromatic rings. The van der Waals surface area contributed by atoms with Crippen molar-refractivity contribution >= 4 is 28.4 Å². The number of methoxy groups -OCH3 is 1. The lowest BCUT2D eigenvalue weighted by atomic mass is 9.75. The first-order valence-corrected chi connectivity index (χ1v) is 22.3. The van der Waals surface area contributed by atoms with Gasteiger partial charge in [0.25, 0.3) is 0 Å². The topological polar surface area (TPSA) is 86.8 Å². The van der Waals surface area contributed by atoms with Crippen LogP contribution in [-0.4, -0.2) is 91.5 Å². The first-order valence-electron chi connectivity index (χ1n) is 22.3. The summed E-state index contributed by atoms with van der Waals surface area (Å²) in [5.74, 6) is 1.28. The maximum atomic E-state index is 14.2. The molecular formula is C49H75N5O3. The average molecular weight is 782 g/mol. The van der Waals surface area contributed by atoms with Gasteiger partial charge >= 0.3 is 0 Å². The van der Waals surface area contributed by atoms with E-state index in [1.54, 1.807) is 14.0 Å². The summed E-state index contributed by atoms with van der Waals surface area (Å²) in [6.07, 6.45) is 12.7. The highest BCUT2D eigenvalue weighted by atomic mass is 16.5. The van der Waals surface area contributed by atoms with Gasteiger partial charge in [-0.1, -0.05) is 85.1 Å². The van der Waals surface area contributed by atoms with Crippen molar-refractivity contribution in [2.45, 2.75) is 132 Å². The number of nitrogens with one attached hydrogen (secondary N) is 2. The number of aromatic nitrogens is 1. The van der Waals surface area contributed by atoms with Crippen LogP contribution in [0.5, 0.6) is 0 Å². The Hall–Kier alpha value is -3.17. The largest absolute Gasteiger partial charge is 0.375 e. The first-order chi connectivity index (χ1) is 27.3. The SMILES string of the molecule is CCNCC1CCN(C(C(=O)NC(CN2CCC=C(c3ccc(C)c(/C(CC(C)(C)CC)=C(/c4cccnc4C(C)OC)C(C)C)c3)C2)C(C)=O)C2CCCC2)C1. The Morgan fingerprint density at radius 1 is 1.04 bits per heavy atom. The van der Waals surface area contributed by atoms with Crippen LogP contribution in [0.3, 0.4) is 0 Å². The van der Waals surface area contributed by atoms with Crippen LogP contribution in [0.15, 0.2) is 42.6 Å². The van der Waals surface area contributed by atoms with Crippen LogP contribution in [0.4, 0.5) is 0 Å². The van der Waals surface area contributed by atoms with Gasteiger partial charge in [-0.2, -0.15) is 0 Å². The summed E-state index contributed by atoms with van der Waals surface area (Å²) in [5, 5.41) is 6.83. The minimum Gasteiger partial charge on any atom is -0.375 e. The molecule has 314 valence electrons. The minimum absolute atomic E-state index is 0.0285. The number of ketones is 1. The Kier molecular flexibility index (Phi) is 16.3. The molecule has 1 amide bonds. The van der Waals surface area contributed by atoms with Crippen molar-refractivity contribution in [3.8, 4) is 0 Å². The number of rotatable bonds is 19. The summed E-state index contributed by atoms with van der Waals surface area (Å²) < 4.78 is 5.84. The number of allylic oxidation sites excluding steroid dienone is 2. The van der Waals surface area contributed by atoms with E-state index in [1.807, 2.05) is 6.20 Å². The number of carbonyl (C=O) groups excluding carboxylic acids is 2. The van der Waals surface area contributed by atoms with E-state index < -0.39 is 6.04 Å². The Labute approximate surface area is 345 Å². The van der Waals surface area contributed by atoms with Crippen LogP contribution in [0.25, 0.3) is 16.7 Å². The standard InChI is InChI=1S/C49H75N5O3/c1-11-49(8,9)28-43(45(33(3)4)41-20-15-24-51-46(41)36(7)57-10)42-27-39(22-21-34(42)5)40-19-16-25-53(31-40)32-44(35(6)55)52-48(56)47(38-17-13-14-18-38)54-26-23-37(30-54)29-50-12-2/h15,19-22,24,27,33,36-38,44,47,50H,11-14,16-18,23,25-26,28-32H2,1-10H3,(H,52,56)/b45-43+. The molecule has 1 aromatic heterocycles. The fourth-order valence-electron chi connectivity index (χ4n) is 9.53. The molecule has 4 atom stereocenters. The summed E-state index contributed by atoms with van der Waals surface area (Å²) in [6, 6.07) is 10.6. The highest BCUT2D eigenvalue weighted by Crippen LogP contribution is 2.44. The zero-order valence-electron chi connectivity index (χ0n) is 37.2. The van der Waals surface area contributed by atoms with Crippen LogP contribution >= 0.6 is 0 Å². The molecule has 1 aromatic carbocycles. The predicted octanol–water partition coefficient (Wildman–Crippen LogP) is 9.14. The number of carbonyl (C=O) groups is 2. The molecule has 1 aliphatic carbocycles. The molecule has 8 nitrogen and oxygen atoms in total. The predicted molar refractivity (Wildman–Crippen MR) is 237 cm³/mol. The van der Waals surface area contributed by atoms with Crippen molar-refractivity contribution in [2.75, 3.05) is 52.9 Å². The lowest BCUT2D eigenvalue weighted by Crippen LogP contribution is -2.56. The summed E-state index contributed by atoms with van der Waals surface area (Å²) in [6.45, 7) is 25.8. The fraction of sp³-hybridized carbons (Fsp3) is 0.653. The Morgan fingerprint density at radius 2 is 1.79 bits per heavy atom. The minimum atomic E-state index is -0.530. The van der Waals surface area contributed by atoms with Crippen molar-refractivity contribution < 1.29 is 14.3 Å². The maximum Gasteiger partial charge on any atom is 0.238 e. The van der Waals surface area contributed by atoms with Gasteiger partial charge in [0.05, 0.1) is 23.9 Å². The van der Waals surface area contributed by atoms with Gasteiger partial charge in [-0.25, -0.2) is 0 Å². The van der Waals surface area contributed by atoms with E-state index in [4.69, 9.17) is 9.72 Å². The van der Waals surface area contributed by atoms with Crippen molar-refractivity contribution in [3.05, 3.63) is 70.6 Å². The lowest BCUT2D eigenvalue weighted by molar-refractivity contribution is -0.132. The summed E-state index contributed by atoms with van der Waals surface area (Å²) in [7, 11) is 1.76. The van der Waals surface area contributed by atoms with E-state index in [9.17, 15) is 9.59 Å². The van der Waals surface area contributed by atoms with Crippen molar-refractivity contribution in [1.82, 2.24) is 25.4 Å². The number of ether oxygens (including phenoxy) is 1. The number of Topliss-reactive ketones (excluding diaryl/α,β-unsaturated/α-hetero) is 1. The third-order valence-corrected chi connectivity index (χ3v) is 13.3. The monoisotopic (exact) mass is 782 g/mol. The van der Waals surface area contributed by atoms with Gasteiger partial charge in [0.2, 0.25) is 5.91 Å². The van der Waals surface area contributed by atoms with E-state index in [2.05, 4.69) is 112 Å². The molecule has 1 saturated heterocycles. The second-order valence-electron chi connectivity index (χ2n) is 18.5. The van der Waals surface area contributed by atoms with Gasteiger partial charge in [0.15, 0.2) is 5.78 Å². The van der Waals surface area contributed by atoms with E-state index in [-0.39, 0.29) is 35.2 Å². The summed E-state index contributed by atoms with van der Waals surface area (Å²) in [4.78, 5) is 37.2. The summed E-state index contributed by atoms with van der Waals surface area (Å²) >= 11 is 0. The molecule has 57 heavy (non-hydrogen) atoms. The number of amides is 1. The second-order valence-corrected chi connectivity index (χ2v) is 18.5. The van der Waals surface area contributed by atoms with Gasteiger partial charge in [-0.05, 0) is 141 Å². The van der Waals surface area contributed by atoms with E-state index >= 15 is 0 Å². The van der Waals surface area contributed by atoms with E-state index in [1.165, 1.54) is 51.8 Å². The quantitative estimate of drug-likeness (QED) is 0.147. The molecule has 8 heteroatoms. The number of hydrogen-bond acceptors (Lipinski definition) is 7. The average Bonchev–Trinajstić information content (AvgIpc) is 3.90. The number of aryl methyl sites for hydroxylation is 1. The number of pyridine rings is 1. The zero-order valence-corrected chi connectivity index (χ0v) is 37.2. The maximum absolute atomic E-state index is 14.2. The van der Waals surface area contributed by atoms with Gasteiger partial charge in [-0.3, -0.25) is 24.4 Å². The highest BCUT2D eigenvalue weighted by molar-refractivity contribution is 5.94. The Morgan fingerprint density at radius 3 is 2.46 bits per heavy atom. The smallest absolute Gasteiger partial charge is 0.238 e. The lowest BCUT2D eigenvalue weighted by Gasteiger charge is -2.35. The van der Waals surface area contributed by atoms with Crippen molar-refractivity contribution in [2.24, 2.45) is 23.2 Å². The molecule has 2 aliphatic heterocycles. The molecule has 1 saturated carbocycles. The molecule has 4 unspecified atom stereocenters. The van der Waals surface area contributed by atoms with Crippen LogP contribution in [0.2, 0.25) is 0 Å². The van der Waals surface area contributed by atoms with Crippen LogP contribution in [-0.2, 0) is 14.3 Å². The molecule has 0 spiro atoms. The molecule has 2 fully saturated rings. The third kappa shape index (κ3) is 11.5. The van der Waals surface area contributed by atoms with Crippen molar-refractivity contribution in [1.29, 1.82) is 0 Å². The number of nitrogens with zero attached hydrogens (tertiary/aromatic N) is 3. The number of benzene rings is 1. The molecule has 0 bridgehead atoms. The van der Waals surface area contributed by atoms with Gasteiger partial charge in [0.1, 0.15) is 0 Å². The summed E-state index contributed by atoms with van der Waals surface area (Å²) in [5.41, 5.74) is 10.0. The molecule has 3 aliphatic rings. The molecule has 3 heterocycles. The van der Waals surface area contributed by atoms with Gasteiger partial charge in [-0.15, -0.1) is 0 Å². The van der Waals surface area contributed by atoms with E-state index in [0.29, 0.717) is 18.4 Å². The normalized spacial score (nSPS) is 20.7. The third-order valence-electron chi connectivity index (χ3n) is 13.3. The van der Waals surface area contributed by atoms with Gasteiger partial charge in [0, 0.05) is 45.0 Å². The molecular weight excluding hydrogens is 707 g/mol.